The molecular weight excluding hydrogens is 696 g/mol. The number of rotatable bonds is 12. The van der Waals surface area contributed by atoms with Gasteiger partial charge < -0.3 is 48.2 Å². The third-order valence-electron chi connectivity index (χ3n) is 8.05. The molecule has 2 fully saturated rings. The number of aldehydes is 4. The van der Waals surface area contributed by atoms with Crippen LogP contribution in [-0.2, 0) is 41.4 Å². The van der Waals surface area contributed by atoms with Crippen molar-refractivity contribution in [3.8, 4) is 23.0 Å². The lowest BCUT2D eigenvalue weighted by molar-refractivity contribution is -0.108. The van der Waals surface area contributed by atoms with E-state index in [1.165, 1.54) is 0 Å². The number of ether oxygens (including phenoxy) is 6. The lowest BCUT2D eigenvalue weighted by atomic mass is 10.1. The topological polar surface area (TPSA) is 164 Å². The fraction of sp³-hybridized carbons (Fsp3) is 0.333. The Bertz CT molecular complexity index is 1480. The summed E-state index contributed by atoms with van der Waals surface area (Å²) in [7, 11) is 6.55. The smallest absolute Gasteiger partial charge is 0.150 e. The van der Waals surface area contributed by atoms with Gasteiger partial charge in [0.25, 0.3) is 0 Å². The van der Waals surface area contributed by atoms with Crippen LogP contribution in [-0.4, -0.2) is 101 Å². The number of hydrogen-bond acceptors (Lipinski definition) is 12. The maximum absolute atomic E-state index is 10.2. The lowest BCUT2D eigenvalue weighted by Gasteiger charge is -2.14. The van der Waals surface area contributed by atoms with Gasteiger partial charge in [0.05, 0.1) is 27.4 Å². The number of aromatic hydroxyl groups is 2. The van der Waals surface area contributed by atoms with Crippen LogP contribution in [0.5, 0.6) is 23.0 Å². The first-order valence-corrected chi connectivity index (χ1v) is 17.2. The molecule has 2 N–H and O–H groups in total. The van der Waals surface area contributed by atoms with Gasteiger partial charge in [-0.15, -0.1) is 0 Å². The number of fused-ring (bicyclic) bond motifs is 1. The molecule has 6 rings (SSSR count). The monoisotopic (exact) mass is 746 g/mol. The summed E-state index contributed by atoms with van der Waals surface area (Å²) in [6.45, 7) is 1.23. The number of aryl methyl sites for hydroxylation is 2. The molecule has 0 spiro atoms. The summed E-state index contributed by atoms with van der Waals surface area (Å²) in [5.41, 5.74) is 3.49. The summed E-state index contributed by atoms with van der Waals surface area (Å²) in [5.74, 6) is 2.07. The lowest BCUT2D eigenvalue weighted by Crippen LogP contribution is -2.32. The van der Waals surface area contributed by atoms with Crippen LogP contribution in [0.2, 0.25) is 0 Å². The van der Waals surface area contributed by atoms with Crippen LogP contribution in [0.25, 0.3) is 0 Å². The number of carbonyl (C=O) groups is 4. The molecule has 4 aromatic rings. The van der Waals surface area contributed by atoms with E-state index >= 15 is 0 Å². The van der Waals surface area contributed by atoms with Crippen molar-refractivity contribution in [2.45, 2.75) is 50.1 Å². The highest BCUT2D eigenvalue weighted by Crippen LogP contribution is 2.29. The van der Waals surface area contributed by atoms with E-state index in [4.69, 9.17) is 38.6 Å². The molecule has 2 aliphatic rings. The van der Waals surface area contributed by atoms with Crippen LogP contribution in [0, 0.1) is 0 Å². The molecular formula is C42H50O12. The van der Waals surface area contributed by atoms with Crippen molar-refractivity contribution in [2.75, 3.05) is 41.7 Å². The second kappa shape index (κ2) is 26.4. The Hall–Kier alpha value is -5.40. The average molecular weight is 747 g/mol. The van der Waals surface area contributed by atoms with E-state index in [-0.39, 0.29) is 35.9 Å². The van der Waals surface area contributed by atoms with Crippen LogP contribution >= 0.6 is 0 Å². The van der Waals surface area contributed by atoms with Gasteiger partial charge in [-0.05, 0) is 96.8 Å². The fourth-order valence-electron chi connectivity index (χ4n) is 4.97. The predicted octanol–water partition coefficient (Wildman–Crippen LogP) is 5.88. The van der Waals surface area contributed by atoms with E-state index in [1.807, 2.05) is 24.3 Å². The van der Waals surface area contributed by atoms with Gasteiger partial charge in [-0.2, -0.15) is 0 Å². The molecule has 4 unspecified atom stereocenters. The minimum absolute atomic E-state index is 0.0694. The number of phenols is 2. The Labute approximate surface area is 316 Å². The van der Waals surface area contributed by atoms with Crippen molar-refractivity contribution in [3.63, 3.8) is 0 Å². The Balaban J connectivity index is 0.000000234. The van der Waals surface area contributed by atoms with E-state index in [0.717, 1.165) is 60.6 Å². The van der Waals surface area contributed by atoms with Crippen molar-refractivity contribution in [3.05, 3.63) is 119 Å². The highest BCUT2D eigenvalue weighted by atomic mass is 16.6. The highest BCUT2D eigenvalue weighted by molar-refractivity contribution is 5.75. The predicted molar refractivity (Wildman–Crippen MR) is 203 cm³/mol. The maximum Gasteiger partial charge on any atom is 0.150 e. The molecule has 0 aliphatic carbocycles. The molecule has 2 saturated heterocycles. The molecule has 4 atom stereocenters. The van der Waals surface area contributed by atoms with E-state index in [1.54, 1.807) is 101 Å². The molecule has 54 heavy (non-hydrogen) atoms. The van der Waals surface area contributed by atoms with Crippen LogP contribution in [0.4, 0.5) is 0 Å². The van der Waals surface area contributed by atoms with Gasteiger partial charge in [-0.25, -0.2) is 0 Å². The number of phenolic OH excluding ortho intramolecular Hbond substituents is 2. The Kier molecular flexibility index (Phi) is 21.9. The highest BCUT2D eigenvalue weighted by Gasteiger charge is 2.48. The Morgan fingerprint density at radius 2 is 0.870 bits per heavy atom. The summed E-state index contributed by atoms with van der Waals surface area (Å²) in [5, 5.41) is 17.8. The summed E-state index contributed by atoms with van der Waals surface area (Å²) in [6.07, 6.45) is 6.30. The van der Waals surface area contributed by atoms with E-state index < -0.39 is 0 Å². The normalized spacial score (nSPS) is 17.5. The average Bonchev–Trinajstić information content (AvgIpc) is 3.84. The molecule has 4 aromatic carbocycles. The SMILES string of the molecule is COC1COC2C(OC)COC12.COc1ccc(C=O)cc1.COc1ccc(C=O)cc1.O=CCCc1ccc(O)cc1.O=CCCc1ccc(O)cc1. The van der Waals surface area contributed by atoms with Gasteiger partial charge >= 0.3 is 0 Å². The van der Waals surface area contributed by atoms with Gasteiger partial charge in [0.1, 0.15) is 72.6 Å². The fourth-order valence-corrected chi connectivity index (χ4v) is 4.97. The summed E-state index contributed by atoms with van der Waals surface area (Å²) < 4.78 is 31.2. The zero-order chi connectivity index (χ0) is 39.6. The maximum atomic E-state index is 10.2. The molecule has 12 nitrogen and oxygen atoms in total. The summed E-state index contributed by atoms with van der Waals surface area (Å²) >= 11 is 0. The molecule has 2 aliphatic heterocycles. The standard InChI is InChI=1S/2C9H10O2.C8H14O4.2C8H8O2/c2*10-7-1-2-8-3-5-9(11)6-4-8;1-9-5-3-11-8-6(10-2)4-12-7(5)8;2*1-10-8-4-2-7(6-9)3-5-8/h2*3-7,11H,1-2H2;5-8H,3-4H2,1-2H3;2*2-6H,1H3. The molecule has 2 heterocycles. The van der Waals surface area contributed by atoms with E-state index in [9.17, 15) is 19.2 Å². The Morgan fingerprint density at radius 3 is 1.13 bits per heavy atom. The third kappa shape index (κ3) is 16.5. The molecule has 0 saturated carbocycles. The number of hydrogen-bond donors (Lipinski definition) is 2. The van der Waals surface area contributed by atoms with Crippen molar-refractivity contribution < 1.29 is 57.8 Å². The van der Waals surface area contributed by atoms with Gasteiger partial charge in [0.2, 0.25) is 0 Å². The quantitative estimate of drug-likeness (QED) is 0.166. The summed E-state index contributed by atoms with van der Waals surface area (Å²) in [4.78, 5) is 40.3. The second-order valence-electron chi connectivity index (χ2n) is 11.7. The van der Waals surface area contributed by atoms with Crippen LogP contribution in [0.3, 0.4) is 0 Å². The first-order valence-electron chi connectivity index (χ1n) is 17.2. The molecule has 0 radical (unpaired) electrons. The van der Waals surface area contributed by atoms with Gasteiger partial charge in [-0.1, -0.05) is 24.3 Å². The third-order valence-corrected chi connectivity index (χ3v) is 8.05. The van der Waals surface area contributed by atoms with Crippen molar-refractivity contribution in [1.82, 2.24) is 0 Å². The second-order valence-corrected chi connectivity index (χ2v) is 11.7. The minimum atomic E-state index is 0.0694. The summed E-state index contributed by atoms with van der Waals surface area (Å²) in [6, 6.07) is 27.6. The molecule has 0 aromatic heterocycles. The zero-order valence-corrected chi connectivity index (χ0v) is 31.1. The minimum Gasteiger partial charge on any atom is -0.508 e. The van der Waals surface area contributed by atoms with Crippen LogP contribution < -0.4 is 9.47 Å². The van der Waals surface area contributed by atoms with Gasteiger partial charge in [0, 0.05) is 38.2 Å². The first kappa shape index (κ1) is 44.8. The number of methoxy groups -OCH3 is 4. The zero-order valence-electron chi connectivity index (χ0n) is 31.1. The van der Waals surface area contributed by atoms with E-state index in [2.05, 4.69) is 0 Å². The number of carbonyl (C=O) groups excluding carboxylic acids is 4. The largest absolute Gasteiger partial charge is 0.508 e. The van der Waals surface area contributed by atoms with Gasteiger partial charge in [0.15, 0.2) is 0 Å². The van der Waals surface area contributed by atoms with Crippen molar-refractivity contribution in [1.29, 1.82) is 0 Å². The molecule has 0 bridgehead atoms. The van der Waals surface area contributed by atoms with Crippen LogP contribution in [0.1, 0.15) is 44.7 Å². The molecule has 0 amide bonds. The Morgan fingerprint density at radius 1 is 0.537 bits per heavy atom. The van der Waals surface area contributed by atoms with Crippen molar-refractivity contribution in [2.24, 2.45) is 0 Å². The molecule has 12 heteroatoms. The van der Waals surface area contributed by atoms with Crippen LogP contribution in [0.15, 0.2) is 97.1 Å². The first-order chi connectivity index (χ1) is 26.2. The van der Waals surface area contributed by atoms with E-state index in [0.29, 0.717) is 37.2 Å². The molecule has 290 valence electrons. The van der Waals surface area contributed by atoms with Gasteiger partial charge in [-0.3, -0.25) is 9.59 Å². The van der Waals surface area contributed by atoms with Crippen molar-refractivity contribution >= 4 is 25.1 Å². The number of benzene rings is 4.